The lowest BCUT2D eigenvalue weighted by molar-refractivity contribution is -0.302. The van der Waals surface area contributed by atoms with E-state index in [1.807, 2.05) is 6.08 Å². The highest BCUT2D eigenvalue weighted by molar-refractivity contribution is 5.80. The van der Waals surface area contributed by atoms with Gasteiger partial charge in [0.25, 0.3) is 0 Å². The van der Waals surface area contributed by atoms with Crippen molar-refractivity contribution in [2.24, 2.45) is 0 Å². The topological polar surface area (TPSA) is 169 Å². The van der Waals surface area contributed by atoms with Crippen molar-refractivity contribution in [1.82, 2.24) is 5.32 Å². The van der Waals surface area contributed by atoms with Gasteiger partial charge in [0.05, 0.1) is 25.4 Å². The Morgan fingerprint density at radius 1 is 0.644 bits per heavy atom. The number of aliphatic hydroxyl groups is 6. The number of allylic oxidation sites excluding steroid dienone is 5. The fraction of sp³-hybridized carbons (Fsp3) is 0.857. The Kier molecular flexibility index (Phi) is 35.7. The summed E-state index contributed by atoms with van der Waals surface area (Å²) in [4.78, 5) is 13.1. The van der Waals surface area contributed by atoms with Gasteiger partial charge in [0.1, 0.15) is 30.5 Å². The molecule has 0 spiro atoms. The largest absolute Gasteiger partial charge is 0.394 e. The van der Waals surface area contributed by atoms with Crippen molar-refractivity contribution in [3.05, 3.63) is 36.0 Å². The van der Waals surface area contributed by atoms with Crippen LogP contribution >= 0.6 is 0 Å². The van der Waals surface area contributed by atoms with Crippen molar-refractivity contribution in [1.29, 1.82) is 0 Å². The van der Waals surface area contributed by atoms with E-state index in [0.717, 1.165) is 32.1 Å². The van der Waals surface area contributed by atoms with E-state index >= 15 is 0 Å². The Labute approximate surface area is 360 Å². The number of ether oxygens (including phenoxy) is 2. The Morgan fingerprint density at radius 2 is 1.14 bits per heavy atom. The maximum Gasteiger partial charge on any atom is 0.249 e. The van der Waals surface area contributed by atoms with Crippen LogP contribution in [0.3, 0.4) is 0 Å². The fourth-order valence-corrected chi connectivity index (χ4v) is 7.61. The molecule has 10 heteroatoms. The number of amides is 1. The first kappa shape index (κ1) is 55.4. The first-order valence-corrected chi connectivity index (χ1v) is 24.2. The molecule has 1 rings (SSSR count). The summed E-state index contributed by atoms with van der Waals surface area (Å²) in [7, 11) is 0. The van der Waals surface area contributed by atoms with E-state index in [1.165, 1.54) is 140 Å². The lowest BCUT2D eigenvalue weighted by atomic mass is 9.99. The van der Waals surface area contributed by atoms with Gasteiger partial charge in [-0.25, -0.2) is 0 Å². The first-order valence-electron chi connectivity index (χ1n) is 24.2. The molecule has 7 N–H and O–H groups in total. The molecule has 1 amide bonds. The number of hydrogen-bond donors (Lipinski definition) is 7. The van der Waals surface area contributed by atoms with Crippen LogP contribution in [0.25, 0.3) is 0 Å². The van der Waals surface area contributed by atoms with Crippen molar-refractivity contribution in [3.8, 4) is 0 Å². The molecule has 346 valence electrons. The third-order valence-corrected chi connectivity index (χ3v) is 11.7. The Hall–Kier alpha value is -1.63. The lowest BCUT2D eigenvalue weighted by Gasteiger charge is -2.40. The number of carbonyl (C=O) groups is 1. The highest BCUT2D eigenvalue weighted by atomic mass is 16.7. The summed E-state index contributed by atoms with van der Waals surface area (Å²) in [5.74, 6) is -0.631. The van der Waals surface area contributed by atoms with Gasteiger partial charge in [-0.2, -0.15) is 0 Å². The number of aliphatic hydroxyl groups excluding tert-OH is 6. The molecule has 0 bridgehead atoms. The second-order valence-electron chi connectivity index (χ2n) is 17.2. The minimum atomic E-state index is -1.62. The zero-order valence-corrected chi connectivity index (χ0v) is 37.8. The maximum atomic E-state index is 13.1. The molecule has 59 heavy (non-hydrogen) atoms. The van der Waals surface area contributed by atoms with E-state index in [2.05, 4.69) is 44.3 Å². The summed E-state index contributed by atoms with van der Waals surface area (Å²) >= 11 is 0. The van der Waals surface area contributed by atoms with Gasteiger partial charge in [-0.05, 0) is 39.0 Å². The van der Waals surface area contributed by atoms with Crippen LogP contribution in [0.2, 0.25) is 0 Å². The molecule has 0 aromatic heterocycles. The summed E-state index contributed by atoms with van der Waals surface area (Å²) in [6.45, 7) is 5.63. The molecule has 0 saturated carbocycles. The average molecular weight is 838 g/mol. The SMILES string of the molecule is CCCCCCC/C=C/C(C)=C/CC/C=C/[C@@H](O)[C@H](CO[C@@H]1OC(CO)[C@@H](O)C(O)C1O)NC(=O)[C@H](O)CCCCCCCCCCCCCCCCCCCCCC. The molecule has 10 nitrogen and oxygen atoms in total. The molecule has 1 fully saturated rings. The van der Waals surface area contributed by atoms with Crippen molar-refractivity contribution in [2.45, 2.75) is 256 Å². The summed E-state index contributed by atoms with van der Waals surface area (Å²) in [6.07, 6.45) is 34.9. The molecule has 1 aliphatic heterocycles. The van der Waals surface area contributed by atoms with Gasteiger partial charge in [-0.15, -0.1) is 0 Å². The van der Waals surface area contributed by atoms with Gasteiger partial charge in [0.15, 0.2) is 6.29 Å². The maximum absolute atomic E-state index is 13.1. The minimum absolute atomic E-state index is 0.302. The van der Waals surface area contributed by atoms with Gasteiger partial charge in [-0.3, -0.25) is 4.79 Å². The fourth-order valence-electron chi connectivity index (χ4n) is 7.61. The average Bonchev–Trinajstić information content (AvgIpc) is 3.23. The highest BCUT2D eigenvalue weighted by Gasteiger charge is 2.44. The van der Waals surface area contributed by atoms with Crippen LogP contribution in [0.5, 0.6) is 0 Å². The van der Waals surface area contributed by atoms with E-state index in [4.69, 9.17) is 9.47 Å². The molecule has 0 aromatic carbocycles. The molecule has 0 radical (unpaired) electrons. The zero-order chi connectivity index (χ0) is 43.4. The number of hydrogen-bond acceptors (Lipinski definition) is 9. The summed E-state index contributed by atoms with van der Waals surface area (Å²) in [6, 6.07) is -1.01. The molecule has 1 heterocycles. The minimum Gasteiger partial charge on any atom is -0.394 e. The van der Waals surface area contributed by atoms with E-state index in [9.17, 15) is 35.4 Å². The van der Waals surface area contributed by atoms with Crippen LogP contribution in [0.1, 0.15) is 207 Å². The van der Waals surface area contributed by atoms with Crippen molar-refractivity contribution in [3.63, 3.8) is 0 Å². The third kappa shape index (κ3) is 28.6. The van der Waals surface area contributed by atoms with E-state index in [-0.39, 0.29) is 6.61 Å². The summed E-state index contributed by atoms with van der Waals surface area (Å²) in [5, 5.41) is 64.8. The number of nitrogens with one attached hydrogen (secondary N) is 1. The van der Waals surface area contributed by atoms with Gasteiger partial charge in [0.2, 0.25) is 5.91 Å². The summed E-state index contributed by atoms with van der Waals surface area (Å²) < 4.78 is 11.1. The lowest BCUT2D eigenvalue weighted by Crippen LogP contribution is -2.60. The molecule has 3 unspecified atom stereocenters. The third-order valence-electron chi connectivity index (χ3n) is 11.7. The predicted octanol–water partition coefficient (Wildman–Crippen LogP) is 9.42. The van der Waals surface area contributed by atoms with Gasteiger partial charge < -0.3 is 45.4 Å². The smallest absolute Gasteiger partial charge is 0.249 e. The molecule has 8 atom stereocenters. The van der Waals surface area contributed by atoms with Crippen molar-refractivity contribution >= 4 is 5.91 Å². The Bertz CT molecular complexity index is 1070. The van der Waals surface area contributed by atoms with Crippen LogP contribution in [-0.4, -0.2) is 98.7 Å². The molecule has 1 aliphatic rings. The van der Waals surface area contributed by atoms with Crippen molar-refractivity contribution in [2.75, 3.05) is 13.2 Å². The first-order chi connectivity index (χ1) is 28.7. The van der Waals surface area contributed by atoms with Crippen LogP contribution < -0.4 is 5.32 Å². The van der Waals surface area contributed by atoms with Gasteiger partial charge >= 0.3 is 0 Å². The van der Waals surface area contributed by atoms with E-state index in [0.29, 0.717) is 19.3 Å². The zero-order valence-electron chi connectivity index (χ0n) is 37.8. The molecular weight excluding hydrogens is 747 g/mol. The number of carbonyl (C=O) groups excluding carboxylic acids is 1. The molecular formula is C49H91NO9. The highest BCUT2D eigenvalue weighted by Crippen LogP contribution is 2.23. The van der Waals surface area contributed by atoms with Crippen LogP contribution in [0.4, 0.5) is 0 Å². The summed E-state index contributed by atoms with van der Waals surface area (Å²) in [5.41, 5.74) is 1.18. The second kappa shape index (κ2) is 38.1. The van der Waals surface area contributed by atoms with Gasteiger partial charge in [0, 0.05) is 0 Å². The van der Waals surface area contributed by atoms with Crippen LogP contribution in [-0.2, 0) is 14.3 Å². The number of unbranched alkanes of at least 4 members (excludes halogenated alkanes) is 25. The quantitative estimate of drug-likeness (QED) is 0.0181. The Balaban J connectivity index is 2.42. The molecule has 0 aliphatic carbocycles. The van der Waals surface area contributed by atoms with Crippen molar-refractivity contribution < 1.29 is 44.9 Å². The molecule has 1 saturated heterocycles. The Morgan fingerprint density at radius 3 is 1.64 bits per heavy atom. The standard InChI is InChI=1S/C49H91NO9/c1-4-6-8-10-12-13-14-15-16-17-18-19-20-21-22-23-24-26-28-32-37-43(53)48(57)50-41(39-58-49-47(56)46(55)45(54)44(38-51)59-49)42(52)36-33-29-31-35-40(3)34-30-27-25-11-9-7-5-2/h30,33-36,41-47,49,51-56H,4-29,31-32,37-39H2,1-3H3,(H,50,57)/b34-30+,36-33+,40-35+/t41-,42+,43+,44?,45+,46?,47?,49+/m0/s1. The monoisotopic (exact) mass is 838 g/mol. The van der Waals surface area contributed by atoms with Gasteiger partial charge in [-0.1, -0.05) is 204 Å². The van der Waals surface area contributed by atoms with E-state index < -0.39 is 61.5 Å². The van der Waals surface area contributed by atoms with E-state index in [1.54, 1.807) is 6.08 Å². The second-order valence-corrected chi connectivity index (χ2v) is 17.2. The van der Waals surface area contributed by atoms with Crippen LogP contribution in [0, 0.1) is 0 Å². The normalized spacial score (nSPS) is 21.7. The predicted molar refractivity (Wildman–Crippen MR) is 241 cm³/mol. The molecule has 0 aromatic rings. The van der Waals surface area contributed by atoms with Crippen LogP contribution in [0.15, 0.2) is 36.0 Å². The number of rotatable bonds is 39.